The van der Waals surface area contributed by atoms with Crippen molar-refractivity contribution in [1.29, 1.82) is 0 Å². The summed E-state index contributed by atoms with van der Waals surface area (Å²) in [6.45, 7) is 4.44. The molecule has 0 bridgehead atoms. The smallest absolute Gasteiger partial charge is 0.302 e. The molecule has 0 radical (unpaired) electrons. The molecular formula is C20H24BrNO5S. The molecule has 2 N–H and O–H groups in total. The van der Waals surface area contributed by atoms with Crippen LogP contribution >= 0.6 is 15.9 Å². The second-order valence-electron chi connectivity index (χ2n) is 6.65. The molecule has 2 aromatic rings. The third kappa shape index (κ3) is 5.88. The predicted octanol–water partition coefficient (Wildman–Crippen LogP) is 3.34. The van der Waals surface area contributed by atoms with Crippen molar-refractivity contribution in [1.82, 2.24) is 4.72 Å². The van der Waals surface area contributed by atoms with Crippen molar-refractivity contribution in [2.45, 2.75) is 37.8 Å². The minimum absolute atomic E-state index is 0.139. The Morgan fingerprint density at radius 3 is 2.21 bits per heavy atom. The quantitative estimate of drug-likeness (QED) is 0.578. The van der Waals surface area contributed by atoms with E-state index in [2.05, 4.69) is 20.7 Å². The Morgan fingerprint density at radius 1 is 1.14 bits per heavy atom. The topological polar surface area (TPSA) is 92.7 Å². The van der Waals surface area contributed by atoms with Crippen LogP contribution in [0, 0.1) is 12.8 Å². The number of esters is 1. The Kier molecular flexibility index (Phi) is 7.77. The first-order valence-electron chi connectivity index (χ1n) is 8.76. The summed E-state index contributed by atoms with van der Waals surface area (Å²) in [6, 6.07) is 13.0. The molecule has 0 heterocycles. The lowest BCUT2D eigenvalue weighted by molar-refractivity contribution is -0.151. The molecule has 0 saturated carbocycles. The number of hydrogen-bond acceptors (Lipinski definition) is 5. The van der Waals surface area contributed by atoms with E-state index in [1.54, 1.807) is 43.3 Å². The first-order chi connectivity index (χ1) is 13.1. The summed E-state index contributed by atoms with van der Waals surface area (Å²) in [7, 11) is -3.83. The van der Waals surface area contributed by atoms with Gasteiger partial charge in [0.25, 0.3) is 0 Å². The maximum absolute atomic E-state index is 12.9. The summed E-state index contributed by atoms with van der Waals surface area (Å²) in [4.78, 5) is 11.5. The standard InChI is InChI=1S/C20H24BrNO5S/c1-13-4-10-18(11-5-13)28(25,26)22-20(16-6-8-17(21)9-7-16)14(2)19(12-23)27-15(3)24/h4-11,14,19-20,22-23H,12H2,1-3H3/t14-,19+,20+/m0/s1. The highest BCUT2D eigenvalue weighted by atomic mass is 79.9. The molecule has 0 saturated heterocycles. The summed E-state index contributed by atoms with van der Waals surface area (Å²) in [5.74, 6) is -1.06. The van der Waals surface area contributed by atoms with E-state index in [-0.39, 0.29) is 4.90 Å². The van der Waals surface area contributed by atoms with Gasteiger partial charge in [-0.1, -0.05) is 52.7 Å². The van der Waals surface area contributed by atoms with Gasteiger partial charge in [-0.15, -0.1) is 0 Å². The molecule has 2 aromatic carbocycles. The van der Waals surface area contributed by atoms with Gasteiger partial charge in [0.05, 0.1) is 17.5 Å². The maximum atomic E-state index is 12.9. The number of benzene rings is 2. The first kappa shape index (κ1) is 22.5. The number of sulfonamides is 1. The van der Waals surface area contributed by atoms with Crippen LogP contribution in [0.25, 0.3) is 0 Å². The number of nitrogens with one attached hydrogen (secondary N) is 1. The number of halogens is 1. The second-order valence-corrected chi connectivity index (χ2v) is 9.28. The molecular weight excluding hydrogens is 446 g/mol. The van der Waals surface area contributed by atoms with Crippen LogP contribution in [0.4, 0.5) is 0 Å². The van der Waals surface area contributed by atoms with Gasteiger partial charge in [0.15, 0.2) is 0 Å². The third-order valence-electron chi connectivity index (χ3n) is 4.45. The van der Waals surface area contributed by atoms with E-state index < -0.39 is 40.7 Å². The lowest BCUT2D eigenvalue weighted by Crippen LogP contribution is -2.40. The van der Waals surface area contributed by atoms with Crippen LogP contribution in [-0.2, 0) is 19.6 Å². The van der Waals surface area contributed by atoms with Crippen LogP contribution in [0.2, 0.25) is 0 Å². The molecule has 0 aliphatic rings. The summed E-state index contributed by atoms with van der Waals surface area (Å²) in [6.07, 6.45) is -0.855. The lowest BCUT2D eigenvalue weighted by atomic mass is 9.91. The first-order valence-corrected chi connectivity index (χ1v) is 11.0. The minimum atomic E-state index is -3.83. The number of carbonyl (C=O) groups is 1. The van der Waals surface area contributed by atoms with Gasteiger partial charge >= 0.3 is 5.97 Å². The molecule has 3 atom stereocenters. The zero-order valence-electron chi connectivity index (χ0n) is 15.9. The van der Waals surface area contributed by atoms with Crippen LogP contribution < -0.4 is 4.72 Å². The molecule has 0 aliphatic heterocycles. The molecule has 6 nitrogen and oxygen atoms in total. The van der Waals surface area contributed by atoms with Crippen LogP contribution in [0.3, 0.4) is 0 Å². The number of aliphatic hydroxyl groups excluding tert-OH is 1. The van der Waals surface area contributed by atoms with Crippen molar-refractivity contribution in [3.63, 3.8) is 0 Å². The van der Waals surface area contributed by atoms with E-state index >= 15 is 0 Å². The van der Waals surface area contributed by atoms with Gasteiger partial charge in [0.2, 0.25) is 10.0 Å². The summed E-state index contributed by atoms with van der Waals surface area (Å²) >= 11 is 3.36. The molecule has 0 spiro atoms. The summed E-state index contributed by atoms with van der Waals surface area (Å²) in [5, 5.41) is 9.67. The summed E-state index contributed by atoms with van der Waals surface area (Å²) < 4.78 is 34.6. The molecule has 0 aromatic heterocycles. The molecule has 28 heavy (non-hydrogen) atoms. The highest BCUT2D eigenvalue weighted by Crippen LogP contribution is 2.29. The van der Waals surface area contributed by atoms with Crippen LogP contribution in [0.1, 0.15) is 31.0 Å². The molecule has 0 aliphatic carbocycles. The van der Waals surface area contributed by atoms with E-state index in [1.165, 1.54) is 19.1 Å². The summed E-state index contributed by atoms with van der Waals surface area (Å²) in [5.41, 5.74) is 1.64. The largest absolute Gasteiger partial charge is 0.460 e. The molecule has 0 fully saturated rings. The van der Waals surface area contributed by atoms with Crippen molar-refractivity contribution in [3.05, 3.63) is 64.1 Å². The molecule has 152 valence electrons. The Hall–Kier alpha value is -1.74. The fourth-order valence-corrected chi connectivity index (χ4v) is 4.42. The van der Waals surface area contributed by atoms with Gasteiger partial charge in [-0.3, -0.25) is 4.79 Å². The van der Waals surface area contributed by atoms with Crippen molar-refractivity contribution in [2.75, 3.05) is 6.61 Å². The zero-order valence-corrected chi connectivity index (χ0v) is 18.3. The Bertz CT molecular complexity index is 897. The number of carbonyl (C=O) groups excluding carboxylic acids is 1. The van der Waals surface area contributed by atoms with Gasteiger partial charge in [-0.25, -0.2) is 13.1 Å². The zero-order chi connectivity index (χ0) is 20.9. The van der Waals surface area contributed by atoms with Crippen molar-refractivity contribution in [3.8, 4) is 0 Å². The number of aliphatic hydroxyl groups is 1. The minimum Gasteiger partial charge on any atom is -0.460 e. The van der Waals surface area contributed by atoms with E-state index in [4.69, 9.17) is 4.74 Å². The van der Waals surface area contributed by atoms with Crippen molar-refractivity contribution < 1.29 is 23.1 Å². The molecule has 8 heteroatoms. The second kappa shape index (κ2) is 9.65. The van der Waals surface area contributed by atoms with E-state index in [1.807, 2.05) is 6.92 Å². The number of ether oxygens (including phenoxy) is 1. The fourth-order valence-electron chi connectivity index (χ4n) is 2.84. The SMILES string of the molecule is CC(=O)O[C@H](CO)[C@H](C)[C@@H](NS(=O)(=O)c1ccc(C)cc1)c1ccc(Br)cc1. The maximum Gasteiger partial charge on any atom is 0.302 e. The van der Waals surface area contributed by atoms with Gasteiger partial charge in [0.1, 0.15) is 6.10 Å². The van der Waals surface area contributed by atoms with Crippen LogP contribution in [0.15, 0.2) is 57.9 Å². The van der Waals surface area contributed by atoms with Gasteiger partial charge < -0.3 is 9.84 Å². The monoisotopic (exact) mass is 469 g/mol. The average Bonchev–Trinajstić information content (AvgIpc) is 2.64. The average molecular weight is 470 g/mol. The number of aryl methyl sites for hydroxylation is 1. The van der Waals surface area contributed by atoms with Gasteiger partial charge in [-0.2, -0.15) is 0 Å². The lowest BCUT2D eigenvalue weighted by Gasteiger charge is -2.30. The van der Waals surface area contributed by atoms with Crippen molar-refractivity contribution in [2.24, 2.45) is 5.92 Å². The van der Waals surface area contributed by atoms with Crippen molar-refractivity contribution >= 4 is 31.9 Å². The van der Waals surface area contributed by atoms with Gasteiger partial charge in [-0.05, 0) is 36.8 Å². The normalized spacial score (nSPS) is 14.9. The fraction of sp³-hybridized carbons (Fsp3) is 0.350. The predicted molar refractivity (Wildman–Crippen MR) is 110 cm³/mol. The number of rotatable bonds is 8. The molecule has 0 unspecified atom stereocenters. The van der Waals surface area contributed by atoms with E-state index in [0.29, 0.717) is 5.56 Å². The Balaban J connectivity index is 2.41. The molecule has 2 rings (SSSR count). The van der Waals surface area contributed by atoms with E-state index in [0.717, 1.165) is 10.0 Å². The Morgan fingerprint density at radius 2 is 1.71 bits per heavy atom. The van der Waals surface area contributed by atoms with Crippen LogP contribution in [-0.4, -0.2) is 32.2 Å². The molecule has 0 amide bonds. The Labute approximate surface area is 174 Å². The highest BCUT2D eigenvalue weighted by molar-refractivity contribution is 9.10. The third-order valence-corrected chi connectivity index (χ3v) is 6.44. The van der Waals surface area contributed by atoms with Gasteiger partial charge in [0, 0.05) is 17.3 Å². The highest BCUT2D eigenvalue weighted by Gasteiger charge is 2.32. The number of hydrogen-bond donors (Lipinski definition) is 2. The van der Waals surface area contributed by atoms with E-state index in [9.17, 15) is 18.3 Å². The van der Waals surface area contributed by atoms with Crippen LogP contribution in [0.5, 0.6) is 0 Å².